The second-order valence-electron chi connectivity index (χ2n) is 3.74. The summed E-state index contributed by atoms with van der Waals surface area (Å²) in [5.74, 6) is 0.634. The minimum absolute atomic E-state index is 0.0186. The van der Waals surface area contributed by atoms with E-state index in [-0.39, 0.29) is 17.0 Å². The molecule has 1 aliphatic heterocycles. The van der Waals surface area contributed by atoms with Crippen LogP contribution in [0.1, 0.15) is 10.9 Å². The van der Waals surface area contributed by atoms with Crippen molar-refractivity contribution >= 4 is 34.1 Å². The fourth-order valence-electron chi connectivity index (χ4n) is 1.83. The fraction of sp³-hybridized carbons (Fsp3) is 0.182. The highest BCUT2D eigenvalue weighted by Gasteiger charge is 2.35. The van der Waals surface area contributed by atoms with E-state index < -0.39 is 0 Å². The zero-order valence-electron chi connectivity index (χ0n) is 9.18. The van der Waals surface area contributed by atoms with Gasteiger partial charge in [-0.1, -0.05) is 23.5 Å². The maximum atomic E-state index is 11.9. The van der Waals surface area contributed by atoms with E-state index in [1.807, 2.05) is 6.07 Å². The van der Waals surface area contributed by atoms with Crippen molar-refractivity contribution < 1.29 is 9.90 Å². The Bertz CT molecular complexity index is 573. The molecule has 0 unspecified atom stereocenters. The lowest BCUT2D eigenvalue weighted by molar-refractivity contribution is -0.115. The third kappa shape index (κ3) is 1.95. The first-order valence-corrected chi connectivity index (χ1v) is 7.17. The van der Waals surface area contributed by atoms with Gasteiger partial charge in [0.25, 0.3) is 0 Å². The van der Waals surface area contributed by atoms with Gasteiger partial charge in [0.2, 0.25) is 11.0 Å². The van der Waals surface area contributed by atoms with Gasteiger partial charge in [0.1, 0.15) is 16.6 Å². The Morgan fingerprint density at radius 2 is 2.33 bits per heavy atom. The standard InChI is InChI=1S/C11H9N3O2S2/c15-8-3-1-2-7(4-8)10-14(9(16)5-17-10)11-13-12-6-18-11/h1-4,6,10,15H,5H2/t10-/m1/s1. The number of benzene rings is 1. The van der Waals surface area contributed by atoms with Gasteiger partial charge >= 0.3 is 0 Å². The number of nitrogens with zero attached hydrogens (tertiary/aromatic N) is 3. The Hall–Kier alpha value is -1.60. The van der Waals surface area contributed by atoms with Gasteiger partial charge in [-0.15, -0.1) is 22.0 Å². The first kappa shape index (κ1) is 11.5. The molecule has 2 aromatic rings. The normalized spacial score (nSPS) is 19.4. The Morgan fingerprint density at radius 1 is 1.44 bits per heavy atom. The minimum Gasteiger partial charge on any atom is -0.508 e. The smallest absolute Gasteiger partial charge is 0.240 e. The van der Waals surface area contributed by atoms with Crippen LogP contribution in [0.2, 0.25) is 0 Å². The molecule has 0 radical (unpaired) electrons. The first-order valence-electron chi connectivity index (χ1n) is 5.24. The number of aromatic hydroxyl groups is 1. The summed E-state index contributed by atoms with van der Waals surface area (Å²) in [6, 6.07) is 6.95. The molecule has 0 aliphatic carbocycles. The predicted octanol–water partition coefficient (Wildman–Crippen LogP) is 2.02. The maximum Gasteiger partial charge on any atom is 0.240 e. The van der Waals surface area contributed by atoms with Crippen molar-refractivity contribution in [2.45, 2.75) is 5.37 Å². The van der Waals surface area contributed by atoms with E-state index in [9.17, 15) is 9.90 Å². The summed E-state index contributed by atoms with van der Waals surface area (Å²) in [6.07, 6.45) is 0. The monoisotopic (exact) mass is 279 g/mol. The molecular weight excluding hydrogens is 270 g/mol. The van der Waals surface area contributed by atoms with Crippen LogP contribution in [0.25, 0.3) is 0 Å². The Balaban J connectivity index is 1.99. The third-order valence-corrected chi connectivity index (χ3v) is 4.48. The molecule has 3 rings (SSSR count). The summed E-state index contributed by atoms with van der Waals surface area (Å²) in [6.45, 7) is 0. The van der Waals surface area contributed by atoms with Crippen LogP contribution in [-0.4, -0.2) is 27.0 Å². The Morgan fingerprint density at radius 3 is 3.06 bits per heavy atom. The van der Waals surface area contributed by atoms with Crippen LogP contribution in [0, 0.1) is 0 Å². The molecule has 5 nitrogen and oxygen atoms in total. The molecule has 0 spiro atoms. The molecule has 18 heavy (non-hydrogen) atoms. The van der Waals surface area contributed by atoms with Crippen molar-refractivity contribution in [3.05, 3.63) is 35.3 Å². The Kier molecular flexibility index (Phi) is 2.92. The van der Waals surface area contributed by atoms with Gasteiger partial charge in [0.05, 0.1) is 5.75 Å². The molecule has 0 bridgehead atoms. The van der Waals surface area contributed by atoms with Gasteiger partial charge in [-0.3, -0.25) is 9.69 Å². The van der Waals surface area contributed by atoms with Gasteiger partial charge in [-0.25, -0.2) is 0 Å². The predicted molar refractivity (Wildman–Crippen MR) is 70.7 cm³/mol. The van der Waals surface area contributed by atoms with Crippen molar-refractivity contribution in [3.63, 3.8) is 0 Å². The molecule has 1 N–H and O–H groups in total. The molecule has 0 saturated carbocycles. The van der Waals surface area contributed by atoms with Gasteiger partial charge in [-0.05, 0) is 17.7 Å². The summed E-state index contributed by atoms with van der Waals surface area (Å²) in [7, 11) is 0. The summed E-state index contributed by atoms with van der Waals surface area (Å²) in [4.78, 5) is 13.6. The van der Waals surface area contributed by atoms with Gasteiger partial charge < -0.3 is 5.11 Å². The number of anilines is 1. The quantitative estimate of drug-likeness (QED) is 0.911. The van der Waals surface area contributed by atoms with E-state index in [1.165, 1.54) is 23.1 Å². The number of phenols is 1. The maximum absolute atomic E-state index is 11.9. The van der Waals surface area contributed by atoms with Crippen molar-refractivity contribution in [3.8, 4) is 5.75 Å². The number of carbonyl (C=O) groups is 1. The molecule has 1 saturated heterocycles. The van der Waals surface area contributed by atoms with E-state index in [2.05, 4.69) is 10.2 Å². The average molecular weight is 279 g/mol. The van der Waals surface area contributed by atoms with E-state index in [1.54, 1.807) is 28.6 Å². The van der Waals surface area contributed by atoms with Crippen LogP contribution in [0.4, 0.5) is 5.13 Å². The van der Waals surface area contributed by atoms with Crippen LogP contribution >= 0.6 is 23.1 Å². The van der Waals surface area contributed by atoms with Gasteiger partial charge in [0.15, 0.2) is 0 Å². The Labute approximate surface area is 111 Å². The van der Waals surface area contributed by atoms with Gasteiger partial charge in [0, 0.05) is 0 Å². The largest absolute Gasteiger partial charge is 0.508 e. The first-order chi connectivity index (χ1) is 8.75. The van der Waals surface area contributed by atoms with Crippen molar-refractivity contribution in [1.29, 1.82) is 0 Å². The lowest BCUT2D eigenvalue weighted by Crippen LogP contribution is -2.27. The molecule has 1 atom stereocenters. The number of hydrogen-bond acceptors (Lipinski definition) is 6. The van der Waals surface area contributed by atoms with Crippen LogP contribution in [-0.2, 0) is 4.79 Å². The number of hydrogen-bond donors (Lipinski definition) is 1. The zero-order valence-corrected chi connectivity index (χ0v) is 10.8. The molecule has 1 aliphatic rings. The SMILES string of the molecule is O=C1CS[C@H](c2cccc(O)c2)N1c1nncs1. The second kappa shape index (κ2) is 4.58. The number of rotatable bonds is 2. The molecule has 1 fully saturated rings. The summed E-state index contributed by atoms with van der Waals surface area (Å²) in [5.41, 5.74) is 2.49. The van der Waals surface area contributed by atoms with Crippen molar-refractivity contribution in [2.24, 2.45) is 0 Å². The van der Waals surface area contributed by atoms with E-state index >= 15 is 0 Å². The molecule has 1 aromatic heterocycles. The van der Waals surface area contributed by atoms with E-state index in [0.717, 1.165) is 5.56 Å². The highest BCUT2D eigenvalue weighted by Crippen LogP contribution is 2.42. The highest BCUT2D eigenvalue weighted by atomic mass is 32.2. The highest BCUT2D eigenvalue weighted by molar-refractivity contribution is 8.00. The number of carbonyl (C=O) groups excluding carboxylic acids is 1. The van der Waals surface area contributed by atoms with Crippen LogP contribution < -0.4 is 4.90 Å². The minimum atomic E-state index is -0.141. The lowest BCUT2D eigenvalue weighted by atomic mass is 10.2. The number of aromatic nitrogens is 2. The molecule has 2 heterocycles. The summed E-state index contributed by atoms with van der Waals surface area (Å²) in [5, 5.41) is 17.7. The zero-order chi connectivity index (χ0) is 12.5. The molecule has 7 heteroatoms. The molecular formula is C11H9N3O2S2. The van der Waals surface area contributed by atoms with E-state index in [0.29, 0.717) is 10.9 Å². The number of amides is 1. The molecule has 92 valence electrons. The van der Waals surface area contributed by atoms with Gasteiger partial charge in [-0.2, -0.15) is 0 Å². The number of thioether (sulfide) groups is 1. The van der Waals surface area contributed by atoms with Crippen molar-refractivity contribution in [2.75, 3.05) is 10.7 Å². The fourth-order valence-corrected chi connectivity index (χ4v) is 3.64. The number of phenolic OH excluding ortho intramolecular Hbond substituents is 1. The second-order valence-corrected chi connectivity index (χ2v) is 5.62. The average Bonchev–Trinajstić information content (AvgIpc) is 2.97. The van der Waals surface area contributed by atoms with E-state index in [4.69, 9.17) is 0 Å². The molecule has 1 amide bonds. The third-order valence-electron chi connectivity index (χ3n) is 2.58. The van der Waals surface area contributed by atoms with Crippen LogP contribution in [0.15, 0.2) is 29.8 Å². The molecule has 1 aromatic carbocycles. The summed E-state index contributed by atoms with van der Waals surface area (Å²) < 4.78 is 0. The van der Waals surface area contributed by atoms with Crippen LogP contribution in [0.5, 0.6) is 5.75 Å². The van der Waals surface area contributed by atoms with Crippen LogP contribution in [0.3, 0.4) is 0 Å². The topological polar surface area (TPSA) is 66.3 Å². The summed E-state index contributed by atoms with van der Waals surface area (Å²) >= 11 is 2.86. The van der Waals surface area contributed by atoms with Crippen molar-refractivity contribution in [1.82, 2.24) is 10.2 Å². The lowest BCUT2D eigenvalue weighted by Gasteiger charge is -2.20.